The van der Waals surface area contributed by atoms with Crippen LogP contribution in [0.1, 0.15) is 31.2 Å². The van der Waals surface area contributed by atoms with E-state index in [-0.39, 0.29) is 24.0 Å². The summed E-state index contributed by atoms with van der Waals surface area (Å²) in [4.78, 5) is 26.0. The van der Waals surface area contributed by atoms with Crippen LogP contribution in [0.5, 0.6) is 5.75 Å². The maximum atomic E-state index is 12.7. The van der Waals surface area contributed by atoms with Crippen molar-refractivity contribution in [3.05, 3.63) is 42.5 Å². The average molecular weight is 404 g/mol. The van der Waals surface area contributed by atoms with E-state index in [1.165, 1.54) is 0 Å². The lowest BCUT2D eigenvalue weighted by Crippen LogP contribution is -2.36. The minimum atomic E-state index is -0.0472. The monoisotopic (exact) mass is 403 g/mol. The number of hydrogen-bond donors (Lipinski definition) is 2. The number of fused-ring (bicyclic) bond motifs is 1. The maximum absolute atomic E-state index is 12.7. The van der Waals surface area contributed by atoms with Gasteiger partial charge in [-0.05, 0) is 30.5 Å². The zero-order chi connectivity index (χ0) is 19.9. The van der Waals surface area contributed by atoms with Crippen LogP contribution in [0.15, 0.2) is 36.9 Å². The summed E-state index contributed by atoms with van der Waals surface area (Å²) in [6, 6.07) is 8.25. The van der Waals surface area contributed by atoms with Gasteiger partial charge in [-0.15, -0.1) is 6.58 Å². The third kappa shape index (κ3) is 5.22. The average Bonchev–Trinajstić information content (AvgIpc) is 3.24. The maximum Gasteiger partial charge on any atom is 0.315 e. The first kappa shape index (κ1) is 20.6. The van der Waals surface area contributed by atoms with Crippen molar-refractivity contribution in [1.82, 2.24) is 15.5 Å². The summed E-state index contributed by atoms with van der Waals surface area (Å²) in [5.41, 5.74) is 1.08. The van der Waals surface area contributed by atoms with Gasteiger partial charge in [0.1, 0.15) is 5.75 Å². The number of rotatable bonds is 10. The second-order valence-electron chi connectivity index (χ2n) is 7.28. The number of carbonyl (C=O) groups excluding carboxylic acids is 2. The Morgan fingerprint density at radius 3 is 2.82 bits per heavy atom. The molecule has 1 aromatic rings. The van der Waals surface area contributed by atoms with Gasteiger partial charge in [0.05, 0.1) is 19.2 Å². The van der Waals surface area contributed by atoms with Crippen molar-refractivity contribution in [1.29, 1.82) is 0 Å². The van der Waals surface area contributed by atoms with Crippen LogP contribution in [-0.2, 0) is 11.3 Å². The number of carbonyl (C=O) groups is 2. The Balaban J connectivity index is 1.42. The van der Waals surface area contributed by atoms with Gasteiger partial charge in [0, 0.05) is 30.5 Å². The summed E-state index contributed by atoms with van der Waals surface area (Å²) in [5.74, 6) is 1.94. The zero-order valence-corrected chi connectivity index (χ0v) is 17.2. The highest BCUT2D eigenvalue weighted by molar-refractivity contribution is 8.00. The van der Waals surface area contributed by atoms with Gasteiger partial charge in [-0.3, -0.25) is 4.79 Å². The number of amides is 3. The van der Waals surface area contributed by atoms with Crippen molar-refractivity contribution in [3.63, 3.8) is 0 Å². The second kappa shape index (κ2) is 9.87. The molecule has 3 rings (SSSR count). The minimum absolute atomic E-state index is 0.0472. The van der Waals surface area contributed by atoms with Crippen LogP contribution in [-0.4, -0.2) is 53.6 Å². The predicted octanol–water partition coefficient (Wildman–Crippen LogP) is 2.94. The Hall–Kier alpha value is -2.15. The normalized spacial score (nSPS) is 22.9. The third-order valence-electron chi connectivity index (χ3n) is 5.30. The van der Waals surface area contributed by atoms with E-state index in [0.717, 1.165) is 36.3 Å². The molecule has 0 unspecified atom stereocenters. The molecular weight excluding hydrogens is 374 g/mol. The van der Waals surface area contributed by atoms with Crippen molar-refractivity contribution in [2.45, 2.75) is 49.6 Å². The number of unbranched alkanes of at least 4 members (excludes halogenated alkanes) is 1. The predicted molar refractivity (Wildman–Crippen MR) is 113 cm³/mol. The van der Waals surface area contributed by atoms with Gasteiger partial charge in [0.15, 0.2) is 0 Å². The highest BCUT2D eigenvalue weighted by atomic mass is 32.2. The summed E-state index contributed by atoms with van der Waals surface area (Å²) in [6.45, 7) is 4.91. The van der Waals surface area contributed by atoms with E-state index in [1.54, 1.807) is 13.2 Å². The quantitative estimate of drug-likeness (QED) is 0.358. The number of urea groups is 1. The number of nitrogens with one attached hydrogen (secondary N) is 2. The Morgan fingerprint density at radius 2 is 2.11 bits per heavy atom. The molecule has 0 saturated carbocycles. The molecule has 3 amide bonds. The number of hydrogen-bond acceptors (Lipinski definition) is 4. The molecule has 0 bridgehead atoms. The molecule has 3 atom stereocenters. The van der Waals surface area contributed by atoms with Crippen molar-refractivity contribution >= 4 is 23.7 Å². The lowest BCUT2D eigenvalue weighted by molar-refractivity contribution is -0.131. The smallest absolute Gasteiger partial charge is 0.315 e. The molecule has 2 N–H and O–H groups in total. The van der Waals surface area contributed by atoms with E-state index < -0.39 is 0 Å². The van der Waals surface area contributed by atoms with Crippen LogP contribution in [0, 0.1) is 0 Å². The molecule has 2 aliphatic rings. The summed E-state index contributed by atoms with van der Waals surface area (Å²) >= 11 is 1.92. The van der Waals surface area contributed by atoms with Crippen molar-refractivity contribution in [2.24, 2.45) is 0 Å². The molecule has 7 heteroatoms. The van der Waals surface area contributed by atoms with Crippen LogP contribution < -0.4 is 15.4 Å². The van der Waals surface area contributed by atoms with Crippen LogP contribution in [0.25, 0.3) is 0 Å². The molecule has 6 nitrogen and oxygen atoms in total. The zero-order valence-electron chi connectivity index (χ0n) is 16.4. The standard InChI is InChI=1S/C21H29N3O3S/c1-3-12-24(13-15-8-10-16(27-2)11-9-15)19(25)7-5-4-6-18-20-17(14-28-18)22-21(26)23-20/h3,8-11,17-18,20H,1,4-7,12-14H2,2H3,(H2,22,23,26)/t17-,18-,20-/m0/s1. The van der Waals surface area contributed by atoms with Gasteiger partial charge in [0.25, 0.3) is 0 Å². The molecule has 152 valence electrons. The molecule has 28 heavy (non-hydrogen) atoms. The van der Waals surface area contributed by atoms with Crippen LogP contribution in [0.2, 0.25) is 0 Å². The molecule has 2 heterocycles. The summed E-state index contributed by atoms with van der Waals surface area (Å²) in [7, 11) is 1.64. The number of ether oxygens (including phenoxy) is 1. The van der Waals surface area contributed by atoms with E-state index in [4.69, 9.17) is 4.74 Å². The molecule has 2 saturated heterocycles. The first-order valence-corrected chi connectivity index (χ1v) is 10.9. The largest absolute Gasteiger partial charge is 0.497 e. The van der Waals surface area contributed by atoms with Gasteiger partial charge in [-0.1, -0.05) is 24.6 Å². The molecular formula is C21H29N3O3S. The number of benzene rings is 1. The fourth-order valence-corrected chi connectivity index (χ4v) is 5.33. The lowest BCUT2D eigenvalue weighted by Gasteiger charge is -2.22. The highest BCUT2D eigenvalue weighted by Crippen LogP contribution is 2.33. The summed E-state index contributed by atoms with van der Waals surface area (Å²) < 4.78 is 5.18. The number of nitrogens with zero attached hydrogens (tertiary/aromatic N) is 1. The topological polar surface area (TPSA) is 70.7 Å². The molecule has 1 aromatic carbocycles. The summed E-state index contributed by atoms with van der Waals surface area (Å²) in [5, 5.41) is 6.43. The Morgan fingerprint density at radius 1 is 1.32 bits per heavy atom. The molecule has 0 aromatic heterocycles. The van der Waals surface area contributed by atoms with Crippen LogP contribution in [0.4, 0.5) is 4.79 Å². The third-order valence-corrected chi connectivity index (χ3v) is 6.81. The Kier molecular flexibility index (Phi) is 7.25. The van der Waals surface area contributed by atoms with Gasteiger partial charge in [-0.25, -0.2) is 4.79 Å². The van der Waals surface area contributed by atoms with Crippen LogP contribution in [0.3, 0.4) is 0 Å². The SMILES string of the molecule is C=CCN(Cc1ccc(OC)cc1)C(=O)CCCC[C@@H]1SC[C@@H]2NC(=O)N[C@@H]21. The van der Waals surface area contributed by atoms with E-state index >= 15 is 0 Å². The molecule has 0 radical (unpaired) electrons. The number of methoxy groups -OCH3 is 1. The first-order chi connectivity index (χ1) is 13.6. The molecule has 2 fully saturated rings. The molecule has 2 aliphatic heterocycles. The number of thioether (sulfide) groups is 1. The fourth-order valence-electron chi connectivity index (χ4n) is 3.78. The van der Waals surface area contributed by atoms with E-state index in [1.807, 2.05) is 40.9 Å². The Bertz CT molecular complexity index is 695. The first-order valence-electron chi connectivity index (χ1n) is 9.81. The van der Waals surface area contributed by atoms with Gasteiger partial charge >= 0.3 is 6.03 Å². The van der Waals surface area contributed by atoms with Crippen LogP contribution >= 0.6 is 11.8 Å². The second-order valence-corrected chi connectivity index (χ2v) is 8.55. The van der Waals surface area contributed by atoms with Crippen molar-refractivity contribution in [2.75, 3.05) is 19.4 Å². The lowest BCUT2D eigenvalue weighted by atomic mass is 10.0. The van der Waals surface area contributed by atoms with Gasteiger partial charge in [-0.2, -0.15) is 11.8 Å². The fraction of sp³-hybridized carbons (Fsp3) is 0.524. The van der Waals surface area contributed by atoms with E-state index in [9.17, 15) is 9.59 Å². The minimum Gasteiger partial charge on any atom is -0.497 e. The highest BCUT2D eigenvalue weighted by Gasteiger charge is 2.42. The molecule has 0 spiro atoms. The summed E-state index contributed by atoms with van der Waals surface area (Å²) in [6.07, 6.45) is 5.20. The van der Waals surface area contributed by atoms with E-state index in [2.05, 4.69) is 17.2 Å². The van der Waals surface area contributed by atoms with Gasteiger partial charge < -0.3 is 20.3 Å². The van der Waals surface area contributed by atoms with E-state index in [0.29, 0.717) is 24.8 Å². The van der Waals surface area contributed by atoms with Gasteiger partial charge in [0.2, 0.25) is 5.91 Å². The Labute approximate surface area is 171 Å². The van der Waals surface area contributed by atoms with Crippen molar-refractivity contribution < 1.29 is 14.3 Å². The van der Waals surface area contributed by atoms with Crippen molar-refractivity contribution in [3.8, 4) is 5.75 Å². The molecule has 0 aliphatic carbocycles.